The Morgan fingerprint density at radius 3 is 2.62 bits per heavy atom. The van der Waals surface area contributed by atoms with E-state index < -0.39 is 12.0 Å². The number of ether oxygens (including phenoxy) is 1. The number of hydrogen-bond acceptors (Lipinski definition) is 5. The molecule has 1 fully saturated rings. The summed E-state index contributed by atoms with van der Waals surface area (Å²) >= 11 is 1.51. The van der Waals surface area contributed by atoms with Crippen molar-refractivity contribution in [2.45, 2.75) is 18.9 Å². The number of benzene rings is 1. The second-order valence-electron chi connectivity index (χ2n) is 4.69. The molecule has 2 rings (SSSR count). The summed E-state index contributed by atoms with van der Waals surface area (Å²) in [7, 11) is 1.31. The number of carbonyl (C=O) groups is 3. The SMILES string of the molecule is COC(=O)[C@@H]1CSCN1C(=O)CCC(=O)c1ccccc1. The van der Waals surface area contributed by atoms with Crippen molar-refractivity contribution in [3.63, 3.8) is 0 Å². The van der Waals surface area contributed by atoms with E-state index in [0.29, 0.717) is 17.2 Å². The number of nitrogens with zero attached hydrogens (tertiary/aromatic N) is 1. The Bertz CT molecular complexity index is 532. The predicted octanol–water partition coefficient (Wildman–Crippen LogP) is 1.72. The maximum atomic E-state index is 12.2. The van der Waals surface area contributed by atoms with E-state index >= 15 is 0 Å². The number of Topliss-reactive ketones (excluding diaryl/α,β-unsaturated/α-hetero) is 1. The van der Waals surface area contributed by atoms with E-state index in [1.54, 1.807) is 24.3 Å². The van der Waals surface area contributed by atoms with Gasteiger partial charge in [-0.25, -0.2) is 4.79 Å². The van der Waals surface area contributed by atoms with Gasteiger partial charge in [-0.1, -0.05) is 30.3 Å². The van der Waals surface area contributed by atoms with Crippen molar-refractivity contribution in [1.82, 2.24) is 4.90 Å². The fourth-order valence-electron chi connectivity index (χ4n) is 2.15. The summed E-state index contributed by atoms with van der Waals surface area (Å²) in [5.74, 6) is 0.372. The number of methoxy groups -OCH3 is 1. The molecule has 1 amide bonds. The Labute approximate surface area is 127 Å². The zero-order chi connectivity index (χ0) is 15.2. The second-order valence-corrected chi connectivity index (χ2v) is 5.69. The third-order valence-electron chi connectivity index (χ3n) is 3.34. The number of hydrogen-bond donors (Lipinski definition) is 0. The fourth-order valence-corrected chi connectivity index (χ4v) is 3.32. The van der Waals surface area contributed by atoms with Crippen LogP contribution < -0.4 is 0 Å². The van der Waals surface area contributed by atoms with Crippen LogP contribution in [0, 0.1) is 0 Å². The van der Waals surface area contributed by atoms with Gasteiger partial charge in [0.1, 0.15) is 6.04 Å². The van der Waals surface area contributed by atoms with E-state index in [9.17, 15) is 14.4 Å². The van der Waals surface area contributed by atoms with Crippen molar-refractivity contribution in [3.05, 3.63) is 35.9 Å². The molecular formula is C15H17NO4S. The maximum Gasteiger partial charge on any atom is 0.329 e. The van der Waals surface area contributed by atoms with Gasteiger partial charge in [-0.05, 0) is 0 Å². The summed E-state index contributed by atoms with van der Waals surface area (Å²) in [6, 6.07) is 8.36. The second kappa shape index (κ2) is 7.26. The normalized spacial score (nSPS) is 17.6. The molecule has 6 heteroatoms. The van der Waals surface area contributed by atoms with Crippen molar-refractivity contribution < 1.29 is 19.1 Å². The molecule has 1 atom stereocenters. The first-order chi connectivity index (χ1) is 10.1. The molecule has 0 aromatic heterocycles. The van der Waals surface area contributed by atoms with Gasteiger partial charge in [0.2, 0.25) is 5.91 Å². The molecule has 112 valence electrons. The van der Waals surface area contributed by atoms with Crippen LogP contribution in [0.25, 0.3) is 0 Å². The molecule has 21 heavy (non-hydrogen) atoms. The molecule has 0 radical (unpaired) electrons. The van der Waals surface area contributed by atoms with Crippen LogP contribution >= 0.6 is 11.8 Å². The van der Waals surface area contributed by atoms with Crippen molar-refractivity contribution >= 4 is 29.4 Å². The minimum absolute atomic E-state index is 0.0644. The van der Waals surface area contributed by atoms with Gasteiger partial charge in [0.25, 0.3) is 0 Å². The third-order valence-corrected chi connectivity index (χ3v) is 4.35. The molecule has 5 nitrogen and oxygen atoms in total. The van der Waals surface area contributed by atoms with Crippen LogP contribution in [0.15, 0.2) is 30.3 Å². The lowest BCUT2D eigenvalue weighted by molar-refractivity contribution is -0.150. The van der Waals surface area contributed by atoms with Crippen molar-refractivity contribution in [1.29, 1.82) is 0 Å². The summed E-state index contributed by atoms with van der Waals surface area (Å²) in [4.78, 5) is 37.2. The number of carbonyl (C=O) groups excluding carboxylic acids is 3. The monoisotopic (exact) mass is 307 g/mol. The van der Waals surface area contributed by atoms with Crippen LogP contribution in [-0.4, -0.2) is 47.3 Å². The highest BCUT2D eigenvalue weighted by Gasteiger charge is 2.35. The van der Waals surface area contributed by atoms with Crippen molar-refractivity contribution in [2.75, 3.05) is 18.7 Å². The summed E-state index contributed by atoms with van der Waals surface area (Å²) in [6.07, 6.45) is 0.264. The van der Waals surface area contributed by atoms with E-state index in [-0.39, 0.29) is 24.5 Å². The smallest absolute Gasteiger partial charge is 0.329 e. The quantitative estimate of drug-likeness (QED) is 0.612. The molecule has 0 bridgehead atoms. The average molecular weight is 307 g/mol. The van der Waals surface area contributed by atoms with Gasteiger partial charge in [0.05, 0.1) is 13.0 Å². The van der Waals surface area contributed by atoms with E-state index in [1.165, 1.54) is 23.8 Å². The lowest BCUT2D eigenvalue weighted by Gasteiger charge is -2.21. The molecule has 1 aromatic carbocycles. The van der Waals surface area contributed by atoms with Crippen LogP contribution in [0.2, 0.25) is 0 Å². The van der Waals surface area contributed by atoms with Crippen LogP contribution in [0.1, 0.15) is 23.2 Å². The molecule has 0 unspecified atom stereocenters. The first kappa shape index (κ1) is 15.6. The first-order valence-electron chi connectivity index (χ1n) is 6.66. The summed E-state index contributed by atoms with van der Waals surface area (Å²) in [6.45, 7) is 0. The number of rotatable bonds is 5. The highest BCUT2D eigenvalue weighted by molar-refractivity contribution is 7.99. The predicted molar refractivity (Wildman–Crippen MR) is 80.0 cm³/mol. The molecule has 1 aliphatic heterocycles. The van der Waals surface area contributed by atoms with Crippen molar-refractivity contribution in [3.8, 4) is 0 Å². The largest absolute Gasteiger partial charge is 0.467 e. The van der Waals surface area contributed by atoms with Crippen molar-refractivity contribution in [2.24, 2.45) is 0 Å². The Kier molecular flexibility index (Phi) is 5.38. The van der Waals surface area contributed by atoms with Crippen LogP contribution in [-0.2, 0) is 14.3 Å². The summed E-state index contributed by atoms with van der Waals surface area (Å²) in [5, 5.41) is 0. The molecule has 0 spiro atoms. The summed E-state index contributed by atoms with van der Waals surface area (Å²) in [5.41, 5.74) is 0.602. The number of thioether (sulfide) groups is 1. The minimum atomic E-state index is -0.528. The van der Waals surface area contributed by atoms with Crippen LogP contribution in [0.3, 0.4) is 0 Å². The molecule has 0 N–H and O–H groups in total. The number of esters is 1. The Hall–Kier alpha value is -1.82. The molecule has 0 aliphatic carbocycles. The number of amides is 1. The van der Waals surface area contributed by atoms with E-state index in [1.807, 2.05) is 6.07 Å². The molecule has 1 saturated heterocycles. The zero-order valence-electron chi connectivity index (χ0n) is 11.8. The van der Waals surface area contributed by atoms with E-state index in [2.05, 4.69) is 0 Å². The Morgan fingerprint density at radius 2 is 1.95 bits per heavy atom. The lowest BCUT2D eigenvalue weighted by atomic mass is 10.1. The van der Waals surface area contributed by atoms with Gasteiger partial charge in [-0.3, -0.25) is 9.59 Å². The first-order valence-corrected chi connectivity index (χ1v) is 7.82. The lowest BCUT2D eigenvalue weighted by Crippen LogP contribution is -2.42. The summed E-state index contributed by atoms with van der Waals surface area (Å²) < 4.78 is 4.70. The van der Waals surface area contributed by atoms with Gasteiger partial charge in [0.15, 0.2) is 5.78 Å². The highest BCUT2D eigenvalue weighted by atomic mass is 32.2. The van der Waals surface area contributed by atoms with Gasteiger partial charge >= 0.3 is 5.97 Å². The van der Waals surface area contributed by atoms with E-state index in [0.717, 1.165) is 0 Å². The average Bonchev–Trinajstić information content (AvgIpc) is 3.02. The standard InChI is InChI=1S/C15H17NO4S/c1-20-15(19)12-9-21-10-16(12)14(18)8-7-13(17)11-5-3-2-4-6-11/h2-6,12H,7-10H2,1H3/t12-/m0/s1. The zero-order valence-corrected chi connectivity index (χ0v) is 12.6. The van der Waals surface area contributed by atoms with Gasteiger partial charge in [-0.2, -0.15) is 0 Å². The Morgan fingerprint density at radius 1 is 1.24 bits per heavy atom. The van der Waals surface area contributed by atoms with E-state index in [4.69, 9.17) is 4.74 Å². The molecule has 1 aromatic rings. The fraction of sp³-hybridized carbons (Fsp3) is 0.400. The molecule has 0 saturated carbocycles. The maximum absolute atomic E-state index is 12.2. The van der Waals surface area contributed by atoms with Crippen LogP contribution in [0.5, 0.6) is 0 Å². The van der Waals surface area contributed by atoms with Crippen LogP contribution in [0.4, 0.5) is 0 Å². The molecule has 1 aliphatic rings. The Balaban J connectivity index is 1.90. The molecule has 1 heterocycles. The molecular weight excluding hydrogens is 290 g/mol. The van der Waals surface area contributed by atoms with Gasteiger partial charge < -0.3 is 9.64 Å². The highest BCUT2D eigenvalue weighted by Crippen LogP contribution is 2.23. The third kappa shape index (κ3) is 3.85. The van der Waals surface area contributed by atoms with Gasteiger partial charge in [0, 0.05) is 24.2 Å². The van der Waals surface area contributed by atoms with Gasteiger partial charge in [-0.15, -0.1) is 11.8 Å². The minimum Gasteiger partial charge on any atom is -0.467 e. The topological polar surface area (TPSA) is 63.7 Å². The number of ketones is 1.